The summed E-state index contributed by atoms with van der Waals surface area (Å²) in [6, 6.07) is 7.70. The van der Waals surface area contributed by atoms with E-state index in [0.29, 0.717) is 11.7 Å². The van der Waals surface area contributed by atoms with Crippen LogP contribution in [-0.4, -0.2) is 30.3 Å². The molecule has 0 bridgehead atoms. The second-order valence-electron chi connectivity index (χ2n) is 8.12. The Balaban J connectivity index is 1.55. The molecular formula is C23H27N4O2S2+. The van der Waals surface area contributed by atoms with E-state index in [2.05, 4.69) is 16.9 Å². The highest BCUT2D eigenvalue weighted by Crippen LogP contribution is 2.34. The number of aromatic nitrogens is 2. The normalized spacial score (nSPS) is 12.7. The zero-order chi connectivity index (χ0) is 22.1. The van der Waals surface area contributed by atoms with Crippen LogP contribution in [-0.2, 0) is 24.2 Å². The fourth-order valence-corrected chi connectivity index (χ4v) is 5.97. The molecule has 0 saturated carbocycles. The summed E-state index contributed by atoms with van der Waals surface area (Å²) in [4.78, 5) is 33.5. The molecule has 0 radical (unpaired) electrons. The summed E-state index contributed by atoms with van der Waals surface area (Å²) in [6.45, 7) is 6.33. The van der Waals surface area contributed by atoms with Crippen LogP contribution >= 0.6 is 23.1 Å². The van der Waals surface area contributed by atoms with Crippen LogP contribution in [0.25, 0.3) is 10.2 Å². The lowest BCUT2D eigenvalue weighted by Gasteiger charge is -2.13. The number of hydrogen-bond donors (Lipinski definition) is 1. The number of benzene rings is 1. The Kier molecular flexibility index (Phi) is 6.20. The van der Waals surface area contributed by atoms with Crippen molar-refractivity contribution in [3.8, 4) is 0 Å². The van der Waals surface area contributed by atoms with Crippen LogP contribution in [0.4, 0.5) is 11.4 Å². The summed E-state index contributed by atoms with van der Waals surface area (Å²) in [5.41, 5.74) is 3.94. The number of hydrogen-bond acceptors (Lipinski definition) is 5. The maximum absolute atomic E-state index is 13.3. The van der Waals surface area contributed by atoms with E-state index in [1.165, 1.54) is 22.2 Å². The van der Waals surface area contributed by atoms with Crippen molar-refractivity contribution >= 4 is 50.6 Å². The van der Waals surface area contributed by atoms with E-state index in [0.717, 1.165) is 46.4 Å². The lowest BCUT2D eigenvalue weighted by molar-refractivity contribution is -0.404. The largest absolute Gasteiger partial charge is 0.378 e. The van der Waals surface area contributed by atoms with Gasteiger partial charge in [-0.05, 0) is 73.4 Å². The highest BCUT2D eigenvalue weighted by molar-refractivity contribution is 7.99. The number of thioether (sulfide) groups is 1. The summed E-state index contributed by atoms with van der Waals surface area (Å²) >= 11 is 3.02. The molecule has 3 aromatic rings. The molecule has 0 unspecified atom stereocenters. The van der Waals surface area contributed by atoms with Gasteiger partial charge < -0.3 is 10.2 Å². The van der Waals surface area contributed by atoms with Crippen LogP contribution in [0.3, 0.4) is 0 Å². The second kappa shape index (κ2) is 8.88. The van der Waals surface area contributed by atoms with E-state index >= 15 is 0 Å². The van der Waals surface area contributed by atoms with Gasteiger partial charge in [0.05, 0.1) is 5.75 Å². The van der Waals surface area contributed by atoms with Crippen LogP contribution in [0.1, 0.15) is 23.8 Å². The lowest BCUT2D eigenvalue weighted by Crippen LogP contribution is -2.30. The number of fused-ring (bicyclic) bond motifs is 3. The number of thiophene rings is 1. The lowest BCUT2D eigenvalue weighted by atomic mass is 10.2. The van der Waals surface area contributed by atoms with Gasteiger partial charge >= 0.3 is 10.7 Å². The van der Waals surface area contributed by atoms with Crippen LogP contribution in [0.5, 0.6) is 0 Å². The SMILES string of the molecule is C=C(C)Cn1c(SCC(=O)Nc2ccc(N(C)C)cc2)[nH+]c2sc3c(c2c1=O)CCC3. The van der Waals surface area contributed by atoms with E-state index in [9.17, 15) is 9.59 Å². The first-order valence-corrected chi connectivity index (χ1v) is 12.1. The van der Waals surface area contributed by atoms with Gasteiger partial charge in [0.2, 0.25) is 5.91 Å². The van der Waals surface area contributed by atoms with Crippen molar-refractivity contribution in [2.24, 2.45) is 0 Å². The molecule has 1 amide bonds. The third-order valence-electron chi connectivity index (χ3n) is 5.28. The van der Waals surface area contributed by atoms with Gasteiger partial charge in [-0.2, -0.15) is 4.57 Å². The van der Waals surface area contributed by atoms with E-state index < -0.39 is 0 Å². The number of nitrogens with zero attached hydrogens (tertiary/aromatic N) is 2. The van der Waals surface area contributed by atoms with E-state index in [-0.39, 0.29) is 17.2 Å². The summed E-state index contributed by atoms with van der Waals surface area (Å²) in [7, 11) is 3.95. The molecule has 2 N–H and O–H groups in total. The maximum Gasteiger partial charge on any atom is 0.347 e. The van der Waals surface area contributed by atoms with Crippen molar-refractivity contribution in [1.29, 1.82) is 0 Å². The second-order valence-corrected chi connectivity index (χ2v) is 10.2. The zero-order valence-electron chi connectivity index (χ0n) is 18.1. The van der Waals surface area contributed by atoms with Crippen LogP contribution in [0.2, 0.25) is 0 Å². The minimum Gasteiger partial charge on any atom is -0.378 e. The molecule has 1 aromatic carbocycles. The molecule has 0 aliphatic heterocycles. The fraction of sp³-hybridized carbons (Fsp3) is 0.348. The molecule has 162 valence electrons. The van der Waals surface area contributed by atoms with Gasteiger partial charge in [-0.3, -0.25) is 4.79 Å². The number of aryl methyl sites for hydroxylation is 2. The van der Waals surface area contributed by atoms with Gasteiger partial charge in [-0.1, -0.05) is 17.9 Å². The van der Waals surface area contributed by atoms with E-state index in [1.807, 2.05) is 50.2 Å². The molecule has 2 aromatic heterocycles. The van der Waals surface area contributed by atoms with Crippen molar-refractivity contribution < 1.29 is 9.78 Å². The molecule has 4 rings (SSSR count). The highest BCUT2D eigenvalue weighted by Gasteiger charge is 2.27. The first-order valence-electron chi connectivity index (χ1n) is 10.3. The van der Waals surface area contributed by atoms with Gasteiger partial charge in [0.25, 0.3) is 0 Å². The van der Waals surface area contributed by atoms with Gasteiger partial charge in [0.15, 0.2) is 4.83 Å². The summed E-state index contributed by atoms with van der Waals surface area (Å²) in [5.74, 6) is 0.0946. The number of amides is 1. The number of aromatic amines is 1. The first kappa shape index (κ1) is 21.6. The van der Waals surface area contributed by atoms with Gasteiger partial charge in [0, 0.05) is 30.3 Å². The smallest absolute Gasteiger partial charge is 0.347 e. The molecule has 1 aliphatic carbocycles. The number of carbonyl (C=O) groups is 1. The molecular weight excluding hydrogens is 428 g/mol. The van der Waals surface area contributed by atoms with Gasteiger partial charge in [-0.25, -0.2) is 9.78 Å². The molecule has 0 spiro atoms. The zero-order valence-corrected chi connectivity index (χ0v) is 19.7. The average Bonchev–Trinajstić information content (AvgIpc) is 3.30. The van der Waals surface area contributed by atoms with Gasteiger partial charge in [0.1, 0.15) is 11.9 Å². The van der Waals surface area contributed by atoms with Crippen molar-refractivity contribution in [2.75, 3.05) is 30.1 Å². The third kappa shape index (κ3) is 4.55. The quantitative estimate of drug-likeness (QED) is 0.335. The molecule has 0 atom stereocenters. The molecule has 0 fully saturated rings. The van der Waals surface area contributed by atoms with Crippen molar-refractivity contribution in [3.63, 3.8) is 0 Å². The van der Waals surface area contributed by atoms with Crippen molar-refractivity contribution in [2.45, 2.75) is 37.9 Å². The molecule has 6 nitrogen and oxygen atoms in total. The summed E-state index contributed by atoms with van der Waals surface area (Å²) in [6.07, 6.45) is 3.12. The summed E-state index contributed by atoms with van der Waals surface area (Å²) < 4.78 is 1.72. The Hall–Kier alpha value is -2.58. The van der Waals surface area contributed by atoms with Crippen molar-refractivity contribution in [3.05, 3.63) is 57.2 Å². The maximum atomic E-state index is 13.3. The molecule has 1 aliphatic rings. The van der Waals surface area contributed by atoms with Crippen molar-refractivity contribution in [1.82, 2.24) is 4.57 Å². The first-order chi connectivity index (χ1) is 14.8. The van der Waals surface area contributed by atoms with Crippen LogP contribution < -0.4 is 20.8 Å². The highest BCUT2D eigenvalue weighted by atomic mass is 32.2. The predicted octanol–water partition coefficient (Wildman–Crippen LogP) is 3.74. The van der Waals surface area contributed by atoms with E-state index in [4.69, 9.17) is 0 Å². The minimum absolute atomic E-state index is 0.0123. The Bertz CT molecular complexity index is 1210. The molecule has 0 saturated heterocycles. The third-order valence-corrected chi connectivity index (χ3v) is 7.49. The molecule has 8 heteroatoms. The Morgan fingerprint density at radius 2 is 2.03 bits per heavy atom. The topological polar surface area (TPSA) is 68.5 Å². The Labute approximate surface area is 190 Å². The number of rotatable bonds is 7. The number of allylic oxidation sites excluding steroid dienone is 1. The van der Waals surface area contributed by atoms with Crippen LogP contribution in [0.15, 0.2) is 46.4 Å². The van der Waals surface area contributed by atoms with Crippen LogP contribution in [0, 0.1) is 0 Å². The number of nitrogens with one attached hydrogen (secondary N) is 2. The number of carbonyl (C=O) groups excluding carboxylic acids is 1. The van der Waals surface area contributed by atoms with Gasteiger partial charge in [-0.15, -0.1) is 0 Å². The summed E-state index contributed by atoms with van der Waals surface area (Å²) in [5, 5.41) is 4.43. The Morgan fingerprint density at radius 3 is 2.71 bits per heavy atom. The minimum atomic E-state index is -0.112. The molecule has 31 heavy (non-hydrogen) atoms. The number of H-pyrrole nitrogens is 1. The predicted molar refractivity (Wildman–Crippen MR) is 130 cm³/mol. The monoisotopic (exact) mass is 455 g/mol. The molecule has 2 heterocycles. The fourth-order valence-electron chi connectivity index (χ4n) is 3.81. The Morgan fingerprint density at radius 1 is 1.29 bits per heavy atom. The number of anilines is 2. The average molecular weight is 456 g/mol. The van der Waals surface area contributed by atoms with E-state index in [1.54, 1.807) is 15.9 Å². The standard InChI is InChI=1S/C23H26N4O2S2/c1-14(2)12-27-22(29)20-17-6-5-7-18(17)31-21(20)25-23(27)30-13-19(28)24-15-8-10-16(11-9-15)26(3)4/h8-11H,1,5-7,12-13H2,2-4H3,(H,24,28)/p+1.